The van der Waals surface area contributed by atoms with Crippen molar-refractivity contribution in [1.29, 1.82) is 0 Å². The molecule has 7 heteroatoms. The maximum absolute atomic E-state index is 12.7. The van der Waals surface area contributed by atoms with Gasteiger partial charge in [-0.1, -0.05) is 0 Å². The second-order valence-electron chi connectivity index (χ2n) is 5.30. The van der Waals surface area contributed by atoms with Crippen LogP contribution in [0.15, 0.2) is 24.3 Å². The third-order valence-electron chi connectivity index (χ3n) is 2.22. The summed E-state index contributed by atoms with van der Waals surface area (Å²) >= 11 is 0. The summed E-state index contributed by atoms with van der Waals surface area (Å²) in [7, 11) is 0. The molecule has 116 valence electrons. The van der Waals surface area contributed by atoms with E-state index in [0.717, 1.165) is 0 Å². The number of carboxylic acid groups (broad SMARTS) is 1. The monoisotopic (exact) mass is 299 g/mol. The minimum Gasteiger partial charge on any atom is -0.491 e. The molecule has 0 fully saturated rings. The van der Waals surface area contributed by atoms with Gasteiger partial charge in [0, 0.05) is 0 Å². The number of amides is 1. The fourth-order valence-electron chi connectivity index (χ4n) is 1.33. The number of benzene rings is 1. The molecular formula is C14H18FNO5. The van der Waals surface area contributed by atoms with Crippen LogP contribution >= 0.6 is 0 Å². The van der Waals surface area contributed by atoms with E-state index in [4.69, 9.17) is 14.6 Å². The van der Waals surface area contributed by atoms with Gasteiger partial charge in [-0.05, 0) is 45.0 Å². The van der Waals surface area contributed by atoms with Crippen LogP contribution in [-0.2, 0) is 9.53 Å². The molecule has 0 saturated carbocycles. The van der Waals surface area contributed by atoms with Crippen molar-refractivity contribution in [2.45, 2.75) is 32.4 Å². The lowest BCUT2D eigenvalue weighted by atomic mass is 10.2. The van der Waals surface area contributed by atoms with Gasteiger partial charge < -0.3 is 19.9 Å². The Morgan fingerprint density at radius 1 is 1.29 bits per heavy atom. The average Bonchev–Trinajstić information content (AvgIpc) is 2.33. The number of hydrogen-bond donors (Lipinski definition) is 2. The third-order valence-corrected chi connectivity index (χ3v) is 2.22. The number of nitrogens with one attached hydrogen (secondary N) is 1. The molecule has 0 unspecified atom stereocenters. The Labute approximate surface area is 121 Å². The Bertz CT molecular complexity index is 495. The number of hydrogen-bond acceptors (Lipinski definition) is 4. The van der Waals surface area contributed by atoms with Gasteiger partial charge in [-0.2, -0.15) is 0 Å². The molecule has 21 heavy (non-hydrogen) atoms. The van der Waals surface area contributed by atoms with Gasteiger partial charge in [0.05, 0.1) is 0 Å². The number of carbonyl (C=O) groups excluding carboxylic acids is 1. The van der Waals surface area contributed by atoms with Crippen LogP contribution in [-0.4, -0.2) is 35.4 Å². The summed E-state index contributed by atoms with van der Waals surface area (Å²) in [6.45, 7) is 4.69. The number of halogens is 1. The number of alkyl carbamates (subject to hydrolysis) is 1. The largest absolute Gasteiger partial charge is 0.491 e. The molecule has 1 aromatic carbocycles. The van der Waals surface area contributed by atoms with Gasteiger partial charge in [-0.3, -0.25) is 0 Å². The lowest BCUT2D eigenvalue weighted by Crippen LogP contribution is -2.46. The van der Waals surface area contributed by atoms with Crippen LogP contribution in [0.4, 0.5) is 9.18 Å². The minimum absolute atomic E-state index is 0.300. The molecule has 0 aromatic heterocycles. The van der Waals surface area contributed by atoms with E-state index in [-0.39, 0.29) is 6.61 Å². The van der Waals surface area contributed by atoms with E-state index in [1.165, 1.54) is 24.3 Å². The predicted octanol–water partition coefficient (Wildman–Crippen LogP) is 2.18. The molecule has 0 aliphatic heterocycles. The van der Waals surface area contributed by atoms with Crippen molar-refractivity contribution in [2.24, 2.45) is 0 Å². The molecule has 0 aliphatic carbocycles. The molecule has 1 aromatic rings. The van der Waals surface area contributed by atoms with E-state index in [1.54, 1.807) is 20.8 Å². The lowest BCUT2D eigenvalue weighted by molar-refractivity contribution is -0.140. The second kappa shape index (κ2) is 6.92. The highest BCUT2D eigenvalue weighted by atomic mass is 19.1. The summed E-state index contributed by atoms with van der Waals surface area (Å²) in [5.41, 5.74) is -0.731. The molecule has 0 spiro atoms. The molecule has 0 saturated heterocycles. The highest BCUT2D eigenvalue weighted by molar-refractivity contribution is 5.80. The Hall–Kier alpha value is -2.31. The smallest absolute Gasteiger partial charge is 0.408 e. The highest BCUT2D eigenvalue weighted by Crippen LogP contribution is 2.11. The van der Waals surface area contributed by atoms with E-state index in [9.17, 15) is 14.0 Å². The van der Waals surface area contributed by atoms with Crippen LogP contribution in [0.3, 0.4) is 0 Å². The van der Waals surface area contributed by atoms with E-state index in [2.05, 4.69) is 5.32 Å². The fourth-order valence-corrected chi connectivity index (χ4v) is 1.33. The highest BCUT2D eigenvalue weighted by Gasteiger charge is 2.24. The summed E-state index contributed by atoms with van der Waals surface area (Å²) in [5, 5.41) is 11.2. The first kappa shape index (κ1) is 16.7. The summed E-state index contributed by atoms with van der Waals surface area (Å²) in [6.07, 6.45) is -0.849. The molecule has 0 aliphatic rings. The van der Waals surface area contributed by atoms with Crippen molar-refractivity contribution < 1.29 is 28.6 Å². The van der Waals surface area contributed by atoms with Gasteiger partial charge >= 0.3 is 12.1 Å². The van der Waals surface area contributed by atoms with Crippen molar-refractivity contribution in [3.8, 4) is 5.75 Å². The van der Waals surface area contributed by atoms with Crippen molar-refractivity contribution in [3.05, 3.63) is 30.1 Å². The van der Waals surface area contributed by atoms with Crippen LogP contribution in [0, 0.1) is 5.82 Å². The van der Waals surface area contributed by atoms with Gasteiger partial charge in [-0.15, -0.1) is 0 Å². The van der Waals surface area contributed by atoms with Crippen LogP contribution in [0.25, 0.3) is 0 Å². The topological polar surface area (TPSA) is 84.9 Å². The van der Waals surface area contributed by atoms with Crippen molar-refractivity contribution >= 4 is 12.1 Å². The molecule has 1 amide bonds. The van der Waals surface area contributed by atoms with E-state index < -0.39 is 29.5 Å². The SMILES string of the molecule is CC(C)(C)OC(=O)N[C@@H](COc1ccc(F)cc1)C(=O)O. The van der Waals surface area contributed by atoms with Crippen molar-refractivity contribution in [1.82, 2.24) is 5.32 Å². The average molecular weight is 299 g/mol. The quantitative estimate of drug-likeness (QED) is 0.870. The minimum atomic E-state index is -1.27. The zero-order valence-corrected chi connectivity index (χ0v) is 12.1. The summed E-state index contributed by atoms with van der Waals surface area (Å²) < 4.78 is 22.9. The zero-order valence-electron chi connectivity index (χ0n) is 12.1. The van der Waals surface area contributed by atoms with Gasteiger partial charge in [0.25, 0.3) is 0 Å². The summed E-state index contributed by atoms with van der Waals surface area (Å²) in [5.74, 6) is -1.39. The van der Waals surface area contributed by atoms with Crippen LogP contribution in [0.5, 0.6) is 5.75 Å². The van der Waals surface area contributed by atoms with Gasteiger partial charge in [0.1, 0.15) is 23.8 Å². The maximum Gasteiger partial charge on any atom is 0.408 e. The van der Waals surface area contributed by atoms with Gasteiger partial charge in [0.15, 0.2) is 6.04 Å². The first-order valence-electron chi connectivity index (χ1n) is 6.28. The number of ether oxygens (including phenoxy) is 2. The second-order valence-corrected chi connectivity index (χ2v) is 5.30. The van der Waals surface area contributed by atoms with Crippen LogP contribution in [0.1, 0.15) is 20.8 Å². The Morgan fingerprint density at radius 3 is 2.33 bits per heavy atom. The normalized spacial score (nSPS) is 12.4. The Kier molecular flexibility index (Phi) is 5.52. The summed E-state index contributed by atoms with van der Waals surface area (Å²) in [6, 6.07) is 3.83. The molecule has 1 atom stereocenters. The van der Waals surface area contributed by atoms with Crippen molar-refractivity contribution in [2.75, 3.05) is 6.61 Å². The lowest BCUT2D eigenvalue weighted by Gasteiger charge is -2.22. The van der Waals surface area contributed by atoms with Gasteiger partial charge in [-0.25, -0.2) is 14.0 Å². The van der Waals surface area contributed by atoms with E-state index in [0.29, 0.717) is 5.75 Å². The van der Waals surface area contributed by atoms with Gasteiger partial charge in [0.2, 0.25) is 0 Å². The fraction of sp³-hybridized carbons (Fsp3) is 0.429. The number of rotatable bonds is 5. The molecule has 6 nitrogen and oxygen atoms in total. The third kappa shape index (κ3) is 6.60. The van der Waals surface area contributed by atoms with Crippen molar-refractivity contribution in [3.63, 3.8) is 0 Å². The molecule has 0 radical (unpaired) electrons. The zero-order chi connectivity index (χ0) is 16.0. The first-order valence-corrected chi connectivity index (χ1v) is 6.28. The number of carboxylic acids is 1. The summed E-state index contributed by atoms with van der Waals surface area (Å²) in [4.78, 5) is 22.6. The standard InChI is InChI=1S/C14H18FNO5/c1-14(2,3)21-13(19)16-11(12(17)18)8-20-10-6-4-9(15)5-7-10/h4-7,11H,8H2,1-3H3,(H,16,19)(H,17,18)/t11-/m0/s1. The maximum atomic E-state index is 12.7. The first-order chi connectivity index (χ1) is 9.67. The molecule has 0 heterocycles. The van der Waals surface area contributed by atoms with Crippen LogP contribution in [0.2, 0.25) is 0 Å². The number of carbonyl (C=O) groups is 2. The van der Waals surface area contributed by atoms with E-state index >= 15 is 0 Å². The number of aliphatic carboxylic acids is 1. The Balaban J connectivity index is 2.56. The predicted molar refractivity (Wildman–Crippen MR) is 72.7 cm³/mol. The molecular weight excluding hydrogens is 281 g/mol. The van der Waals surface area contributed by atoms with E-state index in [1.807, 2.05) is 0 Å². The van der Waals surface area contributed by atoms with Crippen LogP contribution < -0.4 is 10.1 Å². The molecule has 2 N–H and O–H groups in total. The Morgan fingerprint density at radius 2 is 1.86 bits per heavy atom. The molecule has 0 bridgehead atoms. The molecule has 1 rings (SSSR count).